The van der Waals surface area contributed by atoms with Crippen LogP contribution in [0.15, 0.2) is 0 Å². The number of hydrogen-bond donors (Lipinski definition) is 2. The molecule has 7 heteroatoms. The van der Waals surface area contributed by atoms with E-state index in [9.17, 15) is 14.7 Å². The van der Waals surface area contributed by atoms with Crippen molar-refractivity contribution in [3.05, 3.63) is 17.0 Å². The number of carboxylic acids is 1. The van der Waals surface area contributed by atoms with Gasteiger partial charge in [-0.3, -0.25) is 4.68 Å². The van der Waals surface area contributed by atoms with Crippen molar-refractivity contribution in [3.8, 4) is 0 Å². The Morgan fingerprint density at radius 1 is 1.19 bits per heavy atom. The van der Waals surface area contributed by atoms with E-state index in [1.807, 2.05) is 25.5 Å². The largest absolute Gasteiger partial charge is 0.476 e. The van der Waals surface area contributed by atoms with Crippen LogP contribution in [0.1, 0.15) is 87.1 Å². The quantitative estimate of drug-likeness (QED) is 0.858. The number of amides is 1. The number of aromatic nitrogens is 2. The van der Waals surface area contributed by atoms with E-state index in [0.717, 1.165) is 36.9 Å². The van der Waals surface area contributed by atoms with Gasteiger partial charge in [-0.15, -0.1) is 0 Å². The predicted molar refractivity (Wildman–Crippen MR) is 96.5 cm³/mol. The van der Waals surface area contributed by atoms with E-state index in [1.54, 1.807) is 0 Å². The van der Waals surface area contributed by atoms with Gasteiger partial charge in [0, 0.05) is 17.3 Å². The SMILES string of the molecule is CC(C)(C)OC(=O)NC1CCc2c(c(C(=O)O)nn2C2CCCCC2)C1. The lowest BCUT2D eigenvalue weighted by Crippen LogP contribution is -2.42. The van der Waals surface area contributed by atoms with Crippen LogP contribution >= 0.6 is 0 Å². The Hall–Kier alpha value is -2.05. The van der Waals surface area contributed by atoms with Crippen molar-refractivity contribution in [2.75, 3.05) is 0 Å². The van der Waals surface area contributed by atoms with Crippen LogP contribution in [-0.2, 0) is 17.6 Å². The smallest absolute Gasteiger partial charge is 0.407 e. The topological polar surface area (TPSA) is 93.4 Å². The minimum absolute atomic E-state index is 0.126. The number of fused-ring (bicyclic) bond motifs is 1. The van der Waals surface area contributed by atoms with Gasteiger partial charge in [0.2, 0.25) is 0 Å². The summed E-state index contributed by atoms with van der Waals surface area (Å²) < 4.78 is 7.29. The fourth-order valence-electron chi connectivity index (χ4n) is 4.04. The first kappa shape index (κ1) is 18.7. The predicted octanol–water partition coefficient (Wildman–Crippen LogP) is 3.47. The zero-order chi connectivity index (χ0) is 18.9. The molecule has 0 aromatic carbocycles. The Labute approximate surface area is 154 Å². The zero-order valence-corrected chi connectivity index (χ0v) is 15.9. The van der Waals surface area contributed by atoms with Gasteiger partial charge in [0.15, 0.2) is 5.69 Å². The Balaban J connectivity index is 1.78. The van der Waals surface area contributed by atoms with Crippen molar-refractivity contribution in [3.63, 3.8) is 0 Å². The van der Waals surface area contributed by atoms with Crippen LogP contribution in [0, 0.1) is 0 Å². The third kappa shape index (κ3) is 4.19. The van der Waals surface area contributed by atoms with E-state index in [2.05, 4.69) is 10.4 Å². The van der Waals surface area contributed by atoms with Crippen LogP contribution in [-0.4, -0.2) is 38.6 Å². The number of carboxylic acid groups (broad SMARTS) is 1. The summed E-state index contributed by atoms with van der Waals surface area (Å²) in [6, 6.07) is 0.181. The Bertz CT molecular complexity index is 684. The van der Waals surface area contributed by atoms with Crippen LogP contribution < -0.4 is 5.32 Å². The summed E-state index contributed by atoms with van der Waals surface area (Å²) in [6.45, 7) is 5.47. The molecule has 1 heterocycles. The van der Waals surface area contributed by atoms with Gasteiger partial charge < -0.3 is 15.2 Å². The highest BCUT2D eigenvalue weighted by Crippen LogP contribution is 2.33. The maximum absolute atomic E-state index is 12.0. The van der Waals surface area contributed by atoms with Crippen LogP contribution in [0.2, 0.25) is 0 Å². The van der Waals surface area contributed by atoms with Crippen molar-refractivity contribution in [2.24, 2.45) is 0 Å². The Morgan fingerprint density at radius 3 is 2.50 bits per heavy atom. The lowest BCUT2D eigenvalue weighted by molar-refractivity contribution is 0.0500. The second-order valence-electron chi connectivity index (χ2n) is 8.40. The molecule has 1 aromatic heterocycles. The first-order chi connectivity index (χ1) is 12.2. The van der Waals surface area contributed by atoms with Crippen LogP contribution in [0.25, 0.3) is 0 Å². The van der Waals surface area contributed by atoms with Gasteiger partial charge in [0.05, 0.1) is 6.04 Å². The van der Waals surface area contributed by atoms with Crippen molar-refractivity contribution in [1.82, 2.24) is 15.1 Å². The van der Waals surface area contributed by atoms with E-state index < -0.39 is 17.7 Å². The van der Waals surface area contributed by atoms with Gasteiger partial charge in [-0.05, 0) is 52.9 Å². The third-order valence-electron chi connectivity index (χ3n) is 5.14. The molecule has 2 aliphatic rings. The molecule has 2 aliphatic carbocycles. The molecule has 1 amide bonds. The molecule has 3 rings (SSSR count). The molecule has 0 bridgehead atoms. The average Bonchev–Trinajstić information content (AvgIpc) is 2.93. The summed E-state index contributed by atoms with van der Waals surface area (Å²) >= 11 is 0. The maximum atomic E-state index is 12.0. The molecular formula is C19H29N3O4. The van der Waals surface area contributed by atoms with Crippen molar-refractivity contribution >= 4 is 12.1 Å². The molecule has 0 aliphatic heterocycles. The summed E-state index contributed by atoms with van der Waals surface area (Å²) in [7, 11) is 0. The number of carbonyl (C=O) groups excluding carboxylic acids is 1. The van der Waals surface area contributed by atoms with E-state index >= 15 is 0 Å². The molecule has 7 nitrogen and oxygen atoms in total. The normalized spacial score (nSPS) is 21.1. The Kier molecular flexibility index (Phi) is 5.25. The van der Waals surface area contributed by atoms with Gasteiger partial charge in [0.25, 0.3) is 0 Å². The summed E-state index contributed by atoms with van der Waals surface area (Å²) in [5.41, 5.74) is 1.40. The molecule has 144 valence electrons. The molecular weight excluding hydrogens is 334 g/mol. The molecule has 1 atom stereocenters. The fourth-order valence-corrected chi connectivity index (χ4v) is 4.04. The second-order valence-corrected chi connectivity index (χ2v) is 8.40. The van der Waals surface area contributed by atoms with Gasteiger partial charge in [-0.1, -0.05) is 19.3 Å². The first-order valence-corrected chi connectivity index (χ1v) is 9.57. The molecule has 0 saturated heterocycles. The van der Waals surface area contributed by atoms with E-state index in [-0.39, 0.29) is 11.7 Å². The lowest BCUT2D eigenvalue weighted by atomic mass is 9.90. The van der Waals surface area contributed by atoms with E-state index in [4.69, 9.17) is 4.74 Å². The highest BCUT2D eigenvalue weighted by atomic mass is 16.6. The van der Waals surface area contributed by atoms with Crippen LogP contribution in [0.3, 0.4) is 0 Å². The monoisotopic (exact) mass is 363 g/mol. The van der Waals surface area contributed by atoms with E-state index in [1.165, 1.54) is 19.3 Å². The molecule has 0 radical (unpaired) electrons. The standard InChI is InChI=1S/C19H29N3O4/c1-19(2,3)26-18(25)20-12-9-10-15-14(11-12)16(17(23)24)21-22(15)13-7-5-4-6-8-13/h12-13H,4-11H2,1-3H3,(H,20,25)(H,23,24). The van der Waals surface area contributed by atoms with Gasteiger partial charge >= 0.3 is 12.1 Å². The molecule has 1 fully saturated rings. The first-order valence-electron chi connectivity index (χ1n) is 9.57. The molecule has 1 saturated carbocycles. The molecule has 1 aromatic rings. The molecule has 1 unspecified atom stereocenters. The summed E-state index contributed by atoms with van der Waals surface area (Å²) in [5.74, 6) is -0.992. The summed E-state index contributed by atoms with van der Waals surface area (Å²) in [5, 5.41) is 16.9. The number of rotatable bonds is 3. The maximum Gasteiger partial charge on any atom is 0.407 e. The van der Waals surface area contributed by atoms with Gasteiger partial charge in [-0.25, -0.2) is 9.59 Å². The third-order valence-corrected chi connectivity index (χ3v) is 5.14. The number of aromatic carboxylic acids is 1. The minimum Gasteiger partial charge on any atom is -0.476 e. The average molecular weight is 363 g/mol. The second kappa shape index (κ2) is 7.29. The lowest BCUT2D eigenvalue weighted by Gasteiger charge is -2.28. The molecule has 26 heavy (non-hydrogen) atoms. The number of carbonyl (C=O) groups is 2. The minimum atomic E-state index is -0.992. The number of ether oxygens (including phenoxy) is 1. The number of alkyl carbamates (subject to hydrolysis) is 1. The fraction of sp³-hybridized carbons (Fsp3) is 0.737. The van der Waals surface area contributed by atoms with Gasteiger partial charge in [0.1, 0.15) is 5.60 Å². The Morgan fingerprint density at radius 2 is 1.88 bits per heavy atom. The highest BCUT2D eigenvalue weighted by molar-refractivity contribution is 5.87. The number of nitrogens with zero attached hydrogens (tertiary/aromatic N) is 2. The van der Waals surface area contributed by atoms with Crippen molar-refractivity contribution in [2.45, 2.75) is 89.8 Å². The zero-order valence-electron chi connectivity index (χ0n) is 15.9. The van der Waals surface area contributed by atoms with Crippen LogP contribution in [0.5, 0.6) is 0 Å². The number of hydrogen-bond acceptors (Lipinski definition) is 4. The van der Waals surface area contributed by atoms with Crippen LogP contribution in [0.4, 0.5) is 4.79 Å². The van der Waals surface area contributed by atoms with Crippen molar-refractivity contribution < 1.29 is 19.4 Å². The summed E-state index contributed by atoms with van der Waals surface area (Å²) in [4.78, 5) is 23.7. The summed E-state index contributed by atoms with van der Waals surface area (Å²) in [6.07, 6.45) is 7.24. The molecule has 2 N–H and O–H groups in total. The number of nitrogens with one attached hydrogen (secondary N) is 1. The van der Waals surface area contributed by atoms with E-state index in [0.29, 0.717) is 12.5 Å². The highest BCUT2D eigenvalue weighted by Gasteiger charge is 2.32. The van der Waals surface area contributed by atoms with Crippen molar-refractivity contribution in [1.29, 1.82) is 0 Å². The molecule has 0 spiro atoms. The van der Waals surface area contributed by atoms with Gasteiger partial charge in [-0.2, -0.15) is 5.10 Å².